The minimum Gasteiger partial charge on any atom is -0.508 e. The van der Waals surface area contributed by atoms with Crippen LogP contribution in [-0.2, 0) is 16.1 Å². The minimum absolute atomic E-state index is 0.00648. The number of carbonyl (C=O) groups excluding carboxylic acids is 3. The predicted octanol–water partition coefficient (Wildman–Crippen LogP) is 2.95. The van der Waals surface area contributed by atoms with Gasteiger partial charge in [0.25, 0.3) is 0 Å². The molecule has 2 aromatic heterocycles. The van der Waals surface area contributed by atoms with Gasteiger partial charge in [-0.05, 0) is 59.6 Å². The number of fused-ring (bicyclic) bond motifs is 1. The van der Waals surface area contributed by atoms with Crippen molar-refractivity contribution >= 4 is 50.2 Å². The third kappa shape index (κ3) is 3.80. The number of halogens is 1. The van der Waals surface area contributed by atoms with Gasteiger partial charge in [-0.2, -0.15) is 0 Å². The first-order chi connectivity index (χ1) is 14.3. The SMILES string of the molecule is CC(=O)c1cn(CC(=O)N2CC[C@H]2C(=O)Nc2cccc(Br)n2)c2ccc(O)cc12. The van der Waals surface area contributed by atoms with Crippen LogP contribution in [0.5, 0.6) is 5.75 Å². The normalized spacial score (nSPS) is 15.7. The second-order valence-corrected chi connectivity index (χ2v) is 7.97. The van der Waals surface area contributed by atoms with Crippen LogP contribution in [0.4, 0.5) is 5.82 Å². The lowest BCUT2D eigenvalue weighted by molar-refractivity contribution is -0.145. The molecular formula is C21H19BrN4O4. The number of aromatic nitrogens is 2. The number of aromatic hydroxyl groups is 1. The van der Waals surface area contributed by atoms with Crippen LogP contribution in [-0.4, -0.2) is 49.7 Å². The van der Waals surface area contributed by atoms with E-state index in [0.717, 1.165) is 0 Å². The van der Waals surface area contributed by atoms with Crippen molar-refractivity contribution in [2.45, 2.75) is 25.9 Å². The van der Waals surface area contributed by atoms with E-state index < -0.39 is 6.04 Å². The summed E-state index contributed by atoms with van der Waals surface area (Å²) in [4.78, 5) is 43.1. The van der Waals surface area contributed by atoms with Gasteiger partial charge in [0.15, 0.2) is 5.78 Å². The molecule has 30 heavy (non-hydrogen) atoms. The number of hydrogen-bond donors (Lipinski definition) is 2. The first kappa shape index (κ1) is 20.1. The molecule has 1 aliphatic rings. The van der Waals surface area contributed by atoms with E-state index in [1.54, 1.807) is 35.0 Å². The predicted molar refractivity (Wildman–Crippen MR) is 114 cm³/mol. The van der Waals surface area contributed by atoms with Crippen molar-refractivity contribution in [2.75, 3.05) is 11.9 Å². The van der Waals surface area contributed by atoms with E-state index in [1.807, 2.05) is 0 Å². The van der Waals surface area contributed by atoms with Gasteiger partial charge in [-0.15, -0.1) is 0 Å². The molecule has 3 aromatic rings. The fraction of sp³-hybridized carbons (Fsp3) is 0.238. The fourth-order valence-corrected chi connectivity index (χ4v) is 3.92. The van der Waals surface area contributed by atoms with Crippen molar-refractivity contribution in [3.63, 3.8) is 0 Å². The fourth-order valence-electron chi connectivity index (χ4n) is 3.58. The Morgan fingerprint density at radius 2 is 2.07 bits per heavy atom. The Balaban J connectivity index is 1.50. The maximum atomic E-state index is 12.9. The molecule has 0 radical (unpaired) electrons. The van der Waals surface area contributed by atoms with Crippen molar-refractivity contribution < 1.29 is 19.5 Å². The Hall–Kier alpha value is -3.20. The number of benzene rings is 1. The second-order valence-electron chi connectivity index (χ2n) is 7.15. The monoisotopic (exact) mass is 470 g/mol. The smallest absolute Gasteiger partial charge is 0.248 e. The number of hydrogen-bond acceptors (Lipinski definition) is 5. The maximum absolute atomic E-state index is 12.9. The van der Waals surface area contributed by atoms with Crippen LogP contribution in [0.15, 0.2) is 47.2 Å². The number of ketones is 1. The minimum atomic E-state index is -0.559. The molecule has 1 saturated heterocycles. The molecule has 0 unspecified atom stereocenters. The highest BCUT2D eigenvalue weighted by Gasteiger charge is 2.37. The van der Waals surface area contributed by atoms with E-state index in [9.17, 15) is 19.5 Å². The third-order valence-corrected chi connectivity index (χ3v) is 5.60. The molecule has 0 saturated carbocycles. The van der Waals surface area contributed by atoms with Gasteiger partial charge in [-0.25, -0.2) is 4.98 Å². The molecular weight excluding hydrogens is 452 g/mol. The van der Waals surface area contributed by atoms with E-state index in [4.69, 9.17) is 0 Å². The Morgan fingerprint density at radius 3 is 2.73 bits per heavy atom. The molecule has 0 bridgehead atoms. The summed E-state index contributed by atoms with van der Waals surface area (Å²) in [6, 6.07) is 9.33. The van der Waals surface area contributed by atoms with E-state index in [2.05, 4.69) is 26.2 Å². The lowest BCUT2D eigenvalue weighted by atomic mass is 10.0. The third-order valence-electron chi connectivity index (χ3n) is 5.16. The molecule has 8 nitrogen and oxygen atoms in total. The topological polar surface area (TPSA) is 105 Å². The van der Waals surface area contributed by atoms with Crippen LogP contribution >= 0.6 is 15.9 Å². The van der Waals surface area contributed by atoms with E-state index in [0.29, 0.717) is 39.9 Å². The number of nitrogens with one attached hydrogen (secondary N) is 1. The largest absolute Gasteiger partial charge is 0.508 e. The molecule has 0 spiro atoms. The van der Waals surface area contributed by atoms with Crippen LogP contribution in [0.2, 0.25) is 0 Å². The van der Waals surface area contributed by atoms with Crippen molar-refractivity contribution in [1.82, 2.24) is 14.5 Å². The van der Waals surface area contributed by atoms with Gasteiger partial charge in [-0.1, -0.05) is 6.07 Å². The molecule has 2 N–H and O–H groups in total. The van der Waals surface area contributed by atoms with E-state index in [-0.39, 0.29) is 29.9 Å². The van der Waals surface area contributed by atoms with Gasteiger partial charge >= 0.3 is 0 Å². The Kier molecular flexibility index (Phi) is 5.29. The molecule has 9 heteroatoms. The van der Waals surface area contributed by atoms with E-state index in [1.165, 1.54) is 24.0 Å². The van der Waals surface area contributed by atoms with E-state index >= 15 is 0 Å². The highest BCUT2D eigenvalue weighted by molar-refractivity contribution is 9.10. The summed E-state index contributed by atoms with van der Waals surface area (Å²) >= 11 is 3.26. The zero-order valence-corrected chi connectivity index (χ0v) is 17.7. The lowest BCUT2D eigenvalue weighted by Crippen LogP contribution is -2.57. The van der Waals surface area contributed by atoms with Crippen molar-refractivity contribution in [3.05, 3.63) is 52.8 Å². The number of likely N-dealkylation sites (tertiary alicyclic amines) is 1. The second kappa shape index (κ2) is 7.91. The summed E-state index contributed by atoms with van der Waals surface area (Å²) in [5.41, 5.74) is 1.11. The molecule has 0 aliphatic carbocycles. The zero-order valence-electron chi connectivity index (χ0n) is 16.1. The highest BCUT2D eigenvalue weighted by Crippen LogP contribution is 2.27. The summed E-state index contributed by atoms with van der Waals surface area (Å²) in [6.07, 6.45) is 2.19. The summed E-state index contributed by atoms with van der Waals surface area (Å²) in [6.45, 7) is 1.92. The number of pyridine rings is 1. The number of anilines is 1. The highest BCUT2D eigenvalue weighted by atomic mass is 79.9. The Labute approximate surface area is 180 Å². The average Bonchev–Trinajstić information content (AvgIpc) is 2.98. The maximum Gasteiger partial charge on any atom is 0.248 e. The number of phenolic OH excluding ortho intramolecular Hbond substituents is 1. The molecule has 3 heterocycles. The average molecular weight is 471 g/mol. The zero-order chi connectivity index (χ0) is 21.4. The number of Topliss-reactive ketones (excluding diaryl/α,β-unsaturated/α-hetero) is 1. The molecule has 2 amide bonds. The van der Waals surface area contributed by atoms with Gasteiger partial charge < -0.3 is 19.9 Å². The standard InChI is InChI=1S/C21H19BrN4O4/c1-12(27)15-10-25(16-6-5-13(28)9-14(15)16)11-20(29)26-8-7-17(26)21(30)24-19-4-2-3-18(22)23-19/h2-6,9-10,17,28H,7-8,11H2,1H3,(H,23,24,30)/t17-/m0/s1. The van der Waals surface area contributed by atoms with Gasteiger partial charge in [0.05, 0.1) is 0 Å². The first-order valence-electron chi connectivity index (χ1n) is 9.39. The number of amides is 2. The van der Waals surface area contributed by atoms with Crippen LogP contribution in [0, 0.1) is 0 Å². The van der Waals surface area contributed by atoms with Crippen LogP contribution in [0.25, 0.3) is 10.9 Å². The first-order valence-corrected chi connectivity index (χ1v) is 10.2. The summed E-state index contributed by atoms with van der Waals surface area (Å²) in [7, 11) is 0. The summed E-state index contributed by atoms with van der Waals surface area (Å²) in [5, 5.41) is 13.1. The lowest BCUT2D eigenvalue weighted by Gasteiger charge is -2.39. The molecule has 1 fully saturated rings. The van der Waals surface area contributed by atoms with Crippen molar-refractivity contribution in [1.29, 1.82) is 0 Å². The summed E-state index contributed by atoms with van der Waals surface area (Å²) < 4.78 is 2.28. The van der Waals surface area contributed by atoms with Gasteiger partial charge in [-0.3, -0.25) is 14.4 Å². The van der Waals surface area contributed by atoms with Crippen LogP contribution in [0.1, 0.15) is 23.7 Å². The quantitative estimate of drug-likeness (QED) is 0.440. The molecule has 154 valence electrons. The van der Waals surface area contributed by atoms with Crippen LogP contribution < -0.4 is 5.32 Å². The molecule has 4 rings (SSSR count). The van der Waals surface area contributed by atoms with Crippen LogP contribution in [0.3, 0.4) is 0 Å². The molecule has 1 aliphatic heterocycles. The number of nitrogens with zero attached hydrogens (tertiary/aromatic N) is 3. The number of carbonyl (C=O) groups is 3. The molecule has 1 atom stereocenters. The summed E-state index contributed by atoms with van der Waals surface area (Å²) in [5.74, 6) is -0.194. The Bertz CT molecular complexity index is 1170. The van der Waals surface area contributed by atoms with Gasteiger partial charge in [0.1, 0.15) is 28.8 Å². The molecule has 1 aromatic carbocycles. The number of rotatable bonds is 5. The van der Waals surface area contributed by atoms with Gasteiger partial charge in [0, 0.05) is 29.2 Å². The Morgan fingerprint density at radius 1 is 1.27 bits per heavy atom. The van der Waals surface area contributed by atoms with Crippen molar-refractivity contribution in [3.8, 4) is 5.75 Å². The van der Waals surface area contributed by atoms with Crippen molar-refractivity contribution in [2.24, 2.45) is 0 Å². The number of phenols is 1. The van der Waals surface area contributed by atoms with Gasteiger partial charge in [0.2, 0.25) is 11.8 Å².